The minimum atomic E-state index is 0.632. The quantitative estimate of drug-likeness (QED) is 0.857. The van der Waals surface area contributed by atoms with Crippen LogP contribution in [0.3, 0.4) is 0 Å². The van der Waals surface area contributed by atoms with Crippen molar-refractivity contribution in [3.05, 3.63) is 41.6 Å². The summed E-state index contributed by atoms with van der Waals surface area (Å²) in [5.74, 6) is 1.50. The largest absolute Gasteiger partial charge is 0.370 e. The van der Waals surface area contributed by atoms with Crippen LogP contribution < -0.4 is 10.6 Å². The molecular formula is C15H20N4. The molecule has 0 aliphatic heterocycles. The van der Waals surface area contributed by atoms with Crippen molar-refractivity contribution >= 4 is 17.5 Å². The van der Waals surface area contributed by atoms with Crippen LogP contribution in [0.4, 0.5) is 17.5 Å². The normalized spacial score (nSPS) is 10.3. The standard InChI is InChI=1S/C15H20N4/c1-4-9-16-14-10-12(3)17-15(19-14)18-13-8-6-5-7-11(13)2/h5-8,10H,4,9H2,1-3H3,(H2,16,17,18,19). The second kappa shape index (κ2) is 6.18. The molecule has 1 heterocycles. The molecule has 0 aliphatic rings. The van der Waals surface area contributed by atoms with Gasteiger partial charge in [0.25, 0.3) is 0 Å². The Kier molecular flexibility index (Phi) is 4.34. The smallest absolute Gasteiger partial charge is 0.229 e. The summed E-state index contributed by atoms with van der Waals surface area (Å²) in [6.07, 6.45) is 1.07. The summed E-state index contributed by atoms with van der Waals surface area (Å²) in [6.45, 7) is 7.09. The van der Waals surface area contributed by atoms with E-state index in [9.17, 15) is 0 Å². The molecule has 0 atom stereocenters. The number of benzene rings is 1. The lowest BCUT2D eigenvalue weighted by molar-refractivity contribution is 0.962. The number of aromatic nitrogens is 2. The highest BCUT2D eigenvalue weighted by molar-refractivity contribution is 5.59. The molecule has 0 spiro atoms. The summed E-state index contributed by atoms with van der Waals surface area (Å²) < 4.78 is 0. The van der Waals surface area contributed by atoms with E-state index in [1.165, 1.54) is 5.56 Å². The second-order valence-corrected chi connectivity index (χ2v) is 4.58. The molecule has 0 bridgehead atoms. The van der Waals surface area contributed by atoms with Gasteiger partial charge < -0.3 is 10.6 Å². The van der Waals surface area contributed by atoms with Gasteiger partial charge >= 0.3 is 0 Å². The highest BCUT2D eigenvalue weighted by atomic mass is 15.1. The molecule has 1 aromatic heterocycles. The van der Waals surface area contributed by atoms with Crippen molar-refractivity contribution in [3.8, 4) is 0 Å². The SMILES string of the molecule is CCCNc1cc(C)nc(Nc2ccccc2C)n1. The fraction of sp³-hybridized carbons (Fsp3) is 0.333. The number of nitrogens with zero attached hydrogens (tertiary/aromatic N) is 2. The number of aryl methyl sites for hydroxylation is 2. The summed E-state index contributed by atoms with van der Waals surface area (Å²) in [7, 11) is 0. The molecule has 2 aromatic rings. The Bertz CT molecular complexity index is 552. The highest BCUT2D eigenvalue weighted by Gasteiger charge is 2.03. The maximum atomic E-state index is 4.47. The minimum absolute atomic E-state index is 0.632. The van der Waals surface area contributed by atoms with Crippen molar-refractivity contribution in [1.82, 2.24) is 9.97 Å². The third kappa shape index (κ3) is 3.68. The molecule has 4 nitrogen and oxygen atoms in total. The molecule has 2 rings (SSSR count). The summed E-state index contributed by atoms with van der Waals surface area (Å²) in [4.78, 5) is 8.89. The number of hydrogen-bond donors (Lipinski definition) is 2. The van der Waals surface area contributed by atoms with Crippen molar-refractivity contribution in [2.45, 2.75) is 27.2 Å². The summed E-state index contributed by atoms with van der Waals surface area (Å²) >= 11 is 0. The maximum Gasteiger partial charge on any atom is 0.229 e. The average molecular weight is 256 g/mol. The summed E-state index contributed by atoms with van der Waals surface area (Å²) in [6, 6.07) is 10.1. The topological polar surface area (TPSA) is 49.8 Å². The van der Waals surface area contributed by atoms with Gasteiger partial charge in [0.2, 0.25) is 5.95 Å². The molecule has 0 aliphatic carbocycles. The lowest BCUT2D eigenvalue weighted by atomic mass is 10.2. The van der Waals surface area contributed by atoms with Crippen LogP contribution in [-0.4, -0.2) is 16.5 Å². The second-order valence-electron chi connectivity index (χ2n) is 4.58. The van der Waals surface area contributed by atoms with E-state index in [1.54, 1.807) is 0 Å². The number of rotatable bonds is 5. The van der Waals surface area contributed by atoms with Gasteiger partial charge in [-0.1, -0.05) is 25.1 Å². The van der Waals surface area contributed by atoms with Gasteiger partial charge in [-0.15, -0.1) is 0 Å². The van der Waals surface area contributed by atoms with Gasteiger partial charge in [0.15, 0.2) is 0 Å². The van der Waals surface area contributed by atoms with Gasteiger partial charge in [-0.05, 0) is 31.9 Å². The van der Waals surface area contributed by atoms with E-state index in [-0.39, 0.29) is 0 Å². The van der Waals surface area contributed by atoms with Crippen LogP contribution in [0.25, 0.3) is 0 Å². The van der Waals surface area contributed by atoms with E-state index in [0.717, 1.165) is 30.2 Å². The third-order valence-corrected chi connectivity index (χ3v) is 2.80. The number of hydrogen-bond acceptors (Lipinski definition) is 4. The number of para-hydroxylation sites is 1. The molecule has 0 radical (unpaired) electrons. The Morgan fingerprint density at radius 3 is 2.63 bits per heavy atom. The van der Waals surface area contributed by atoms with E-state index in [1.807, 2.05) is 31.2 Å². The molecule has 2 N–H and O–H groups in total. The van der Waals surface area contributed by atoms with Gasteiger partial charge in [0.1, 0.15) is 5.82 Å². The van der Waals surface area contributed by atoms with Crippen molar-refractivity contribution in [2.75, 3.05) is 17.2 Å². The Morgan fingerprint density at radius 2 is 1.89 bits per heavy atom. The minimum Gasteiger partial charge on any atom is -0.370 e. The number of anilines is 3. The molecule has 0 fully saturated rings. The lowest BCUT2D eigenvalue weighted by Crippen LogP contribution is -2.06. The van der Waals surface area contributed by atoms with Crippen LogP contribution in [-0.2, 0) is 0 Å². The predicted molar refractivity (Wildman–Crippen MR) is 80.0 cm³/mol. The first kappa shape index (κ1) is 13.3. The molecule has 4 heteroatoms. The molecule has 0 saturated carbocycles. The molecule has 19 heavy (non-hydrogen) atoms. The van der Waals surface area contributed by atoms with E-state index in [0.29, 0.717) is 5.95 Å². The predicted octanol–water partition coefficient (Wildman–Crippen LogP) is 3.66. The van der Waals surface area contributed by atoms with E-state index in [2.05, 4.69) is 40.5 Å². The van der Waals surface area contributed by atoms with Crippen molar-refractivity contribution in [1.29, 1.82) is 0 Å². The van der Waals surface area contributed by atoms with E-state index < -0.39 is 0 Å². The molecule has 0 amide bonds. The zero-order valence-corrected chi connectivity index (χ0v) is 11.7. The van der Waals surface area contributed by atoms with Crippen LogP contribution in [0.2, 0.25) is 0 Å². The van der Waals surface area contributed by atoms with Crippen LogP contribution in [0.1, 0.15) is 24.6 Å². The molecule has 0 saturated heterocycles. The molecular weight excluding hydrogens is 236 g/mol. The van der Waals surface area contributed by atoms with Gasteiger partial charge in [0, 0.05) is 24.0 Å². The van der Waals surface area contributed by atoms with Gasteiger partial charge in [-0.2, -0.15) is 4.98 Å². The first-order valence-electron chi connectivity index (χ1n) is 6.61. The van der Waals surface area contributed by atoms with Crippen molar-refractivity contribution < 1.29 is 0 Å². The summed E-state index contributed by atoms with van der Waals surface area (Å²) in [5, 5.41) is 6.55. The Hall–Kier alpha value is -2.10. The van der Waals surface area contributed by atoms with Crippen LogP contribution in [0.5, 0.6) is 0 Å². The van der Waals surface area contributed by atoms with Crippen molar-refractivity contribution in [2.24, 2.45) is 0 Å². The van der Waals surface area contributed by atoms with Crippen LogP contribution >= 0.6 is 0 Å². The Morgan fingerprint density at radius 1 is 1.11 bits per heavy atom. The first-order chi connectivity index (χ1) is 9.19. The molecule has 1 aromatic carbocycles. The average Bonchev–Trinajstić information content (AvgIpc) is 2.38. The first-order valence-corrected chi connectivity index (χ1v) is 6.61. The highest BCUT2D eigenvalue weighted by Crippen LogP contribution is 2.19. The van der Waals surface area contributed by atoms with E-state index >= 15 is 0 Å². The summed E-state index contributed by atoms with van der Waals surface area (Å²) in [5.41, 5.74) is 3.16. The zero-order chi connectivity index (χ0) is 13.7. The maximum absolute atomic E-state index is 4.47. The zero-order valence-electron chi connectivity index (χ0n) is 11.7. The van der Waals surface area contributed by atoms with Gasteiger partial charge in [-0.25, -0.2) is 4.98 Å². The van der Waals surface area contributed by atoms with Crippen LogP contribution in [0, 0.1) is 13.8 Å². The van der Waals surface area contributed by atoms with Gasteiger partial charge in [0.05, 0.1) is 0 Å². The Labute approximate surface area is 114 Å². The van der Waals surface area contributed by atoms with E-state index in [4.69, 9.17) is 0 Å². The lowest BCUT2D eigenvalue weighted by Gasteiger charge is -2.10. The fourth-order valence-electron chi connectivity index (χ4n) is 1.80. The number of nitrogens with one attached hydrogen (secondary N) is 2. The van der Waals surface area contributed by atoms with Gasteiger partial charge in [-0.3, -0.25) is 0 Å². The fourth-order valence-corrected chi connectivity index (χ4v) is 1.80. The van der Waals surface area contributed by atoms with Crippen molar-refractivity contribution in [3.63, 3.8) is 0 Å². The van der Waals surface area contributed by atoms with Crippen LogP contribution in [0.15, 0.2) is 30.3 Å². The monoisotopic (exact) mass is 256 g/mol. The molecule has 0 unspecified atom stereocenters. The third-order valence-electron chi connectivity index (χ3n) is 2.80. The Balaban J connectivity index is 2.20. The molecule has 100 valence electrons.